The highest BCUT2D eigenvalue weighted by Crippen LogP contribution is 2.34. The van der Waals surface area contributed by atoms with E-state index >= 15 is 0 Å². The van der Waals surface area contributed by atoms with E-state index in [9.17, 15) is 5.11 Å². The van der Waals surface area contributed by atoms with Crippen molar-refractivity contribution in [2.24, 2.45) is 4.99 Å². The number of aliphatic hydroxyl groups excluding tert-OH is 1. The van der Waals surface area contributed by atoms with Gasteiger partial charge in [-0.05, 0) is 24.2 Å². The molecule has 1 aliphatic heterocycles. The fourth-order valence-electron chi connectivity index (χ4n) is 3.12. The molecule has 0 spiro atoms. The molecule has 0 saturated carbocycles. The van der Waals surface area contributed by atoms with Gasteiger partial charge in [0, 0.05) is 44.0 Å². The van der Waals surface area contributed by atoms with Crippen LogP contribution in [0.2, 0.25) is 0 Å². The van der Waals surface area contributed by atoms with Gasteiger partial charge in [0.25, 0.3) is 0 Å². The van der Waals surface area contributed by atoms with E-state index in [1.54, 1.807) is 7.05 Å². The topological polar surface area (TPSA) is 65.9 Å². The third-order valence-corrected chi connectivity index (χ3v) is 6.12. The average molecular weight is 366 g/mol. The van der Waals surface area contributed by atoms with Crippen molar-refractivity contribution in [2.75, 3.05) is 45.7 Å². The molecule has 6 heteroatoms. The highest BCUT2D eigenvalue weighted by molar-refractivity contribution is 8.00. The van der Waals surface area contributed by atoms with Crippen LogP contribution in [0.4, 0.5) is 0 Å². The van der Waals surface area contributed by atoms with E-state index in [0.717, 1.165) is 49.9 Å². The van der Waals surface area contributed by atoms with Gasteiger partial charge in [-0.3, -0.25) is 4.99 Å². The number of nitrogens with zero attached hydrogens (tertiary/aromatic N) is 1. The highest BCUT2D eigenvalue weighted by atomic mass is 32.2. The standard InChI is InChI=1S/C19H31N3O2S/c1-3-25-19(9-11-24-12-10-19)15-22-18(20-2)21-13-17(14-23)16-7-5-4-6-8-16/h4-8,17,23H,3,9-15H2,1-2H3,(H2,20,21,22). The van der Waals surface area contributed by atoms with Gasteiger partial charge >= 0.3 is 0 Å². The quantitative estimate of drug-likeness (QED) is 0.487. The number of hydrogen-bond acceptors (Lipinski definition) is 4. The van der Waals surface area contributed by atoms with Crippen LogP contribution in [-0.2, 0) is 4.74 Å². The average Bonchev–Trinajstić information content (AvgIpc) is 2.66. The van der Waals surface area contributed by atoms with Crippen molar-refractivity contribution in [3.05, 3.63) is 35.9 Å². The molecule has 1 heterocycles. The minimum Gasteiger partial charge on any atom is -0.396 e. The molecule has 1 aromatic carbocycles. The van der Waals surface area contributed by atoms with Crippen LogP contribution >= 0.6 is 11.8 Å². The van der Waals surface area contributed by atoms with E-state index in [-0.39, 0.29) is 17.3 Å². The van der Waals surface area contributed by atoms with Crippen molar-refractivity contribution in [3.63, 3.8) is 0 Å². The van der Waals surface area contributed by atoms with Crippen molar-refractivity contribution < 1.29 is 9.84 Å². The molecule has 1 atom stereocenters. The zero-order valence-corrected chi connectivity index (χ0v) is 16.1. The summed E-state index contributed by atoms with van der Waals surface area (Å²) in [6.07, 6.45) is 2.14. The van der Waals surface area contributed by atoms with E-state index in [4.69, 9.17) is 4.74 Å². The number of hydrogen-bond donors (Lipinski definition) is 3. The van der Waals surface area contributed by atoms with E-state index in [1.807, 2.05) is 42.1 Å². The smallest absolute Gasteiger partial charge is 0.191 e. The number of aliphatic hydroxyl groups is 1. The predicted molar refractivity (Wildman–Crippen MR) is 107 cm³/mol. The number of guanidine groups is 1. The summed E-state index contributed by atoms with van der Waals surface area (Å²) >= 11 is 2.01. The Morgan fingerprint density at radius 1 is 1.28 bits per heavy atom. The Kier molecular flexibility index (Phi) is 8.58. The summed E-state index contributed by atoms with van der Waals surface area (Å²) in [6.45, 7) is 5.52. The molecular weight excluding hydrogens is 334 g/mol. The first-order valence-corrected chi connectivity index (χ1v) is 10.0. The van der Waals surface area contributed by atoms with Crippen LogP contribution in [0.1, 0.15) is 31.2 Å². The summed E-state index contributed by atoms with van der Waals surface area (Å²) in [7, 11) is 1.79. The number of thioether (sulfide) groups is 1. The van der Waals surface area contributed by atoms with Crippen molar-refractivity contribution in [1.29, 1.82) is 0 Å². The van der Waals surface area contributed by atoms with E-state index in [0.29, 0.717) is 6.54 Å². The number of benzene rings is 1. The number of rotatable bonds is 8. The lowest BCUT2D eigenvalue weighted by atomic mass is 9.99. The molecule has 1 fully saturated rings. The van der Waals surface area contributed by atoms with E-state index in [1.165, 1.54) is 0 Å². The van der Waals surface area contributed by atoms with Crippen LogP contribution in [0.15, 0.2) is 35.3 Å². The molecule has 140 valence electrons. The Labute approximate surface area is 155 Å². The van der Waals surface area contributed by atoms with Gasteiger partial charge in [0.1, 0.15) is 0 Å². The normalized spacial score (nSPS) is 18.6. The second-order valence-electron chi connectivity index (χ2n) is 6.33. The van der Waals surface area contributed by atoms with Gasteiger partial charge in [0.15, 0.2) is 5.96 Å². The number of ether oxygens (including phenoxy) is 1. The second kappa shape index (κ2) is 10.7. The molecule has 0 aliphatic carbocycles. The lowest BCUT2D eigenvalue weighted by Crippen LogP contribution is -2.48. The first kappa shape index (κ1) is 20.1. The van der Waals surface area contributed by atoms with Crippen molar-refractivity contribution in [2.45, 2.75) is 30.4 Å². The maximum Gasteiger partial charge on any atom is 0.191 e. The maximum atomic E-state index is 9.69. The Bertz CT molecular complexity index is 513. The van der Waals surface area contributed by atoms with Gasteiger partial charge in [0.2, 0.25) is 0 Å². The Hall–Kier alpha value is -1.24. The zero-order valence-electron chi connectivity index (χ0n) is 15.3. The second-order valence-corrected chi connectivity index (χ2v) is 8.06. The van der Waals surface area contributed by atoms with Gasteiger partial charge in [-0.15, -0.1) is 0 Å². The summed E-state index contributed by atoms with van der Waals surface area (Å²) in [4.78, 5) is 4.34. The Morgan fingerprint density at radius 2 is 2.00 bits per heavy atom. The monoisotopic (exact) mass is 365 g/mol. The third kappa shape index (κ3) is 6.20. The first-order chi connectivity index (χ1) is 12.2. The Balaban J connectivity index is 1.87. The molecule has 5 nitrogen and oxygen atoms in total. The van der Waals surface area contributed by atoms with Crippen LogP contribution in [-0.4, -0.2) is 61.5 Å². The molecule has 1 unspecified atom stereocenters. The number of nitrogens with one attached hydrogen (secondary N) is 2. The summed E-state index contributed by atoms with van der Waals surface area (Å²) in [6, 6.07) is 10.1. The van der Waals surface area contributed by atoms with Crippen LogP contribution in [0, 0.1) is 0 Å². The number of aliphatic imine (C=N–C) groups is 1. The molecule has 2 rings (SSSR count). The molecule has 1 aromatic rings. The SMILES string of the molecule is CCSC1(CNC(=NC)NCC(CO)c2ccccc2)CCOCC1. The lowest BCUT2D eigenvalue weighted by Gasteiger charge is -2.37. The van der Waals surface area contributed by atoms with Gasteiger partial charge in [0.05, 0.1) is 6.61 Å². The summed E-state index contributed by atoms with van der Waals surface area (Å²) < 4.78 is 5.75. The molecular formula is C19H31N3O2S. The minimum absolute atomic E-state index is 0.0572. The molecule has 25 heavy (non-hydrogen) atoms. The van der Waals surface area contributed by atoms with Crippen LogP contribution in [0.25, 0.3) is 0 Å². The van der Waals surface area contributed by atoms with E-state index in [2.05, 4.69) is 22.5 Å². The summed E-state index contributed by atoms with van der Waals surface area (Å²) in [5.41, 5.74) is 1.13. The molecule has 3 N–H and O–H groups in total. The van der Waals surface area contributed by atoms with Crippen LogP contribution in [0.3, 0.4) is 0 Å². The van der Waals surface area contributed by atoms with Gasteiger partial charge in [-0.25, -0.2) is 0 Å². The largest absolute Gasteiger partial charge is 0.396 e. The van der Waals surface area contributed by atoms with Gasteiger partial charge in [-0.1, -0.05) is 37.3 Å². The van der Waals surface area contributed by atoms with Crippen molar-refractivity contribution in [1.82, 2.24) is 10.6 Å². The summed E-state index contributed by atoms with van der Waals surface area (Å²) in [5.74, 6) is 1.95. The molecule has 1 aliphatic rings. The van der Waals surface area contributed by atoms with Gasteiger partial charge < -0.3 is 20.5 Å². The Morgan fingerprint density at radius 3 is 2.60 bits per heavy atom. The maximum absolute atomic E-state index is 9.69. The molecule has 0 bridgehead atoms. The van der Waals surface area contributed by atoms with Crippen LogP contribution in [0.5, 0.6) is 0 Å². The fraction of sp³-hybridized carbons (Fsp3) is 0.632. The highest BCUT2D eigenvalue weighted by Gasteiger charge is 2.32. The van der Waals surface area contributed by atoms with Gasteiger partial charge in [-0.2, -0.15) is 11.8 Å². The summed E-state index contributed by atoms with van der Waals surface area (Å²) in [5, 5.41) is 16.5. The fourth-order valence-corrected chi connectivity index (χ4v) is 4.36. The van der Waals surface area contributed by atoms with Crippen molar-refractivity contribution >= 4 is 17.7 Å². The molecule has 0 amide bonds. The zero-order chi connectivity index (χ0) is 18.0. The third-order valence-electron chi connectivity index (χ3n) is 4.66. The van der Waals surface area contributed by atoms with Crippen molar-refractivity contribution in [3.8, 4) is 0 Å². The van der Waals surface area contributed by atoms with E-state index < -0.39 is 0 Å². The molecule has 0 radical (unpaired) electrons. The molecule has 1 saturated heterocycles. The minimum atomic E-state index is 0.0572. The molecule has 0 aromatic heterocycles. The lowest BCUT2D eigenvalue weighted by molar-refractivity contribution is 0.0782. The first-order valence-electron chi connectivity index (χ1n) is 9.05. The van der Waals surface area contributed by atoms with Crippen LogP contribution < -0.4 is 10.6 Å². The predicted octanol–water partition coefficient (Wildman–Crippen LogP) is 2.23.